The zero-order valence-electron chi connectivity index (χ0n) is 19.1. The number of hydrogen-bond donors (Lipinski definition) is 0. The number of thioether (sulfide) groups is 1. The van der Waals surface area contributed by atoms with E-state index in [9.17, 15) is 0 Å². The lowest BCUT2D eigenvalue weighted by molar-refractivity contribution is 0.324. The van der Waals surface area contributed by atoms with Crippen molar-refractivity contribution in [3.63, 3.8) is 0 Å². The highest BCUT2D eigenvalue weighted by atomic mass is 32.2. The Morgan fingerprint density at radius 3 is 2.24 bits per heavy atom. The molecule has 0 aliphatic carbocycles. The van der Waals surface area contributed by atoms with Crippen molar-refractivity contribution >= 4 is 23.1 Å². The number of aromatic nitrogens is 3. The maximum Gasteiger partial charge on any atom is 0.277 e. The summed E-state index contributed by atoms with van der Waals surface area (Å²) >= 11 is 3.08. The summed E-state index contributed by atoms with van der Waals surface area (Å²) in [6, 6.07) is 12.2. The van der Waals surface area contributed by atoms with E-state index in [0.717, 1.165) is 16.3 Å². The number of ether oxygens (including phenoxy) is 3. The van der Waals surface area contributed by atoms with Crippen molar-refractivity contribution in [1.29, 1.82) is 0 Å². The lowest BCUT2D eigenvalue weighted by Gasteiger charge is -2.12. The van der Waals surface area contributed by atoms with E-state index in [0.29, 0.717) is 45.6 Å². The summed E-state index contributed by atoms with van der Waals surface area (Å²) in [7, 11) is 4.69. The molecular weight excluding hydrogens is 458 g/mol. The molecule has 0 amide bonds. The quantitative estimate of drug-likeness (QED) is 0.257. The summed E-state index contributed by atoms with van der Waals surface area (Å²) in [5.74, 6) is 3.09. The SMILES string of the molecule is COc1cc(-c2nnc(SCc3csc(-c4ccc(C(C)C)cc4)n3)o2)cc(OC)c1OC. The Hall–Kier alpha value is -3.04. The fourth-order valence-corrected chi connectivity index (χ4v) is 4.83. The molecule has 2 aromatic carbocycles. The molecule has 2 heterocycles. The third kappa shape index (κ3) is 5.15. The molecule has 0 spiro atoms. The maximum absolute atomic E-state index is 5.86. The summed E-state index contributed by atoms with van der Waals surface area (Å²) in [5.41, 5.74) is 4.11. The topological polar surface area (TPSA) is 79.5 Å². The van der Waals surface area contributed by atoms with E-state index in [1.165, 1.54) is 17.3 Å². The zero-order valence-corrected chi connectivity index (χ0v) is 20.8. The highest BCUT2D eigenvalue weighted by molar-refractivity contribution is 7.98. The molecule has 7 nitrogen and oxygen atoms in total. The smallest absolute Gasteiger partial charge is 0.277 e. The molecule has 0 atom stereocenters. The van der Waals surface area contributed by atoms with Crippen LogP contribution in [0.3, 0.4) is 0 Å². The van der Waals surface area contributed by atoms with Gasteiger partial charge in [0, 0.05) is 22.3 Å². The molecule has 0 radical (unpaired) electrons. The van der Waals surface area contributed by atoms with Gasteiger partial charge in [-0.2, -0.15) is 0 Å². The van der Waals surface area contributed by atoms with E-state index < -0.39 is 0 Å². The first-order chi connectivity index (χ1) is 16.0. The number of thiazole rings is 1. The molecule has 9 heteroatoms. The molecule has 2 aromatic heterocycles. The molecule has 0 saturated carbocycles. The molecule has 172 valence electrons. The molecule has 0 bridgehead atoms. The Morgan fingerprint density at radius 1 is 0.939 bits per heavy atom. The van der Waals surface area contributed by atoms with Gasteiger partial charge in [-0.25, -0.2) is 4.98 Å². The predicted molar refractivity (Wildman–Crippen MR) is 131 cm³/mol. The first kappa shape index (κ1) is 23.1. The molecule has 33 heavy (non-hydrogen) atoms. The lowest BCUT2D eigenvalue weighted by atomic mass is 10.0. The van der Waals surface area contributed by atoms with Crippen LogP contribution in [0.1, 0.15) is 31.0 Å². The van der Waals surface area contributed by atoms with Crippen molar-refractivity contribution in [3.05, 3.63) is 53.0 Å². The summed E-state index contributed by atoms with van der Waals surface area (Å²) in [4.78, 5) is 4.76. The number of hydrogen-bond acceptors (Lipinski definition) is 9. The minimum Gasteiger partial charge on any atom is -0.493 e. The van der Waals surface area contributed by atoms with E-state index >= 15 is 0 Å². The van der Waals surface area contributed by atoms with Gasteiger partial charge in [-0.15, -0.1) is 21.5 Å². The van der Waals surface area contributed by atoms with E-state index in [1.54, 1.807) is 44.8 Å². The van der Waals surface area contributed by atoms with Crippen LogP contribution in [0.4, 0.5) is 0 Å². The fourth-order valence-electron chi connectivity index (χ4n) is 3.24. The minimum atomic E-state index is 0.376. The normalized spacial score (nSPS) is 11.1. The van der Waals surface area contributed by atoms with Gasteiger partial charge in [0.25, 0.3) is 5.22 Å². The van der Waals surface area contributed by atoms with E-state index in [2.05, 4.69) is 53.7 Å². The molecule has 0 aliphatic rings. The number of benzene rings is 2. The molecule has 0 fully saturated rings. The van der Waals surface area contributed by atoms with Gasteiger partial charge >= 0.3 is 0 Å². The summed E-state index contributed by atoms with van der Waals surface area (Å²) in [6.07, 6.45) is 0. The highest BCUT2D eigenvalue weighted by Gasteiger charge is 2.18. The van der Waals surface area contributed by atoms with Gasteiger partial charge < -0.3 is 18.6 Å². The van der Waals surface area contributed by atoms with Crippen LogP contribution in [0.2, 0.25) is 0 Å². The molecule has 4 aromatic rings. The van der Waals surface area contributed by atoms with Crippen molar-refractivity contribution < 1.29 is 18.6 Å². The van der Waals surface area contributed by atoms with Crippen LogP contribution < -0.4 is 14.2 Å². The summed E-state index contributed by atoms with van der Waals surface area (Å²) < 4.78 is 22.0. The Balaban J connectivity index is 1.45. The van der Waals surface area contributed by atoms with Crippen LogP contribution in [-0.2, 0) is 5.75 Å². The first-order valence-corrected chi connectivity index (χ1v) is 12.2. The molecule has 0 aliphatic heterocycles. The third-order valence-corrected chi connectivity index (χ3v) is 6.83. The minimum absolute atomic E-state index is 0.376. The van der Waals surface area contributed by atoms with Crippen molar-refractivity contribution in [1.82, 2.24) is 15.2 Å². The van der Waals surface area contributed by atoms with Crippen molar-refractivity contribution in [3.8, 4) is 39.3 Å². The van der Waals surface area contributed by atoms with Crippen LogP contribution in [0.25, 0.3) is 22.0 Å². The van der Waals surface area contributed by atoms with Crippen LogP contribution in [-0.4, -0.2) is 36.5 Å². The molecule has 0 unspecified atom stereocenters. The Kier molecular flexibility index (Phi) is 7.20. The van der Waals surface area contributed by atoms with Gasteiger partial charge in [-0.1, -0.05) is 49.9 Å². The number of rotatable bonds is 9. The largest absolute Gasteiger partial charge is 0.493 e. The monoisotopic (exact) mass is 483 g/mol. The fraction of sp³-hybridized carbons (Fsp3) is 0.292. The second-order valence-corrected chi connectivity index (χ2v) is 9.28. The third-order valence-electron chi connectivity index (χ3n) is 5.04. The second-order valence-electron chi connectivity index (χ2n) is 7.50. The molecular formula is C24H25N3O4S2. The Labute approximate surface area is 201 Å². The van der Waals surface area contributed by atoms with Crippen LogP contribution in [0.5, 0.6) is 17.2 Å². The van der Waals surface area contributed by atoms with Crippen LogP contribution in [0, 0.1) is 0 Å². The molecule has 0 saturated heterocycles. The number of nitrogens with zero attached hydrogens (tertiary/aromatic N) is 3. The standard InChI is InChI=1S/C24H25N3O4S2/c1-14(2)15-6-8-16(9-7-15)23-25-18(12-32-23)13-33-24-27-26-22(31-24)17-10-19(28-3)21(30-5)20(11-17)29-4/h6-12,14H,13H2,1-5H3. The van der Waals surface area contributed by atoms with Crippen LogP contribution in [0.15, 0.2) is 51.4 Å². The van der Waals surface area contributed by atoms with Gasteiger partial charge in [0.1, 0.15) is 5.01 Å². The van der Waals surface area contributed by atoms with E-state index in [-0.39, 0.29) is 0 Å². The molecule has 4 rings (SSSR count). The van der Waals surface area contributed by atoms with E-state index in [4.69, 9.17) is 23.6 Å². The number of methoxy groups -OCH3 is 3. The predicted octanol–water partition coefficient (Wildman–Crippen LogP) is 6.30. The lowest BCUT2D eigenvalue weighted by Crippen LogP contribution is -1.95. The van der Waals surface area contributed by atoms with Crippen LogP contribution >= 0.6 is 23.1 Å². The van der Waals surface area contributed by atoms with Gasteiger partial charge in [-0.3, -0.25) is 0 Å². The Morgan fingerprint density at radius 2 is 1.64 bits per heavy atom. The van der Waals surface area contributed by atoms with Gasteiger partial charge in [-0.05, 0) is 23.6 Å². The molecule has 0 N–H and O–H groups in total. The maximum atomic E-state index is 5.86. The van der Waals surface area contributed by atoms with Gasteiger partial charge in [0.15, 0.2) is 11.5 Å². The average Bonchev–Trinajstić information content (AvgIpc) is 3.51. The van der Waals surface area contributed by atoms with Gasteiger partial charge in [0.05, 0.1) is 27.0 Å². The van der Waals surface area contributed by atoms with Crippen molar-refractivity contribution in [2.75, 3.05) is 21.3 Å². The summed E-state index contributed by atoms with van der Waals surface area (Å²) in [6.45, 7) is 4.39. The van der Waals surface area contributed by atoms with Gasteiger partial charge in [0.2, 0.25) is 11.6 Å². The zero-order chi connectivity index (χ0) is 23.4. The highest BCUT2D eigenvalue weighted by Crippen LogP contribution is 2.41. The van der Waals surface area contributed by atoms with E-state index in [1.807, 2.05) is 0 Å². The Bertz CT molecular complexity index is 1190. The van der Waals surface area contributed by atoms with Crippen molar-refractivity contribution in [2.45, 2.75) is 30.7 Å². The second kappa shape index (κ2) is 10.3. The summed E-state index contributed by atoms with van der Waals surface area (Å²) in [5, 5.41) is 11.9. The average molecular weight is 484 g/mol. The first-order valence-electron chi connectivity index (χ1n) is 10.3. The van der Waals surface area contributed by atoms with Crippen molar-refractivity contribution in [2.24, 2.45) is 0 Å².